The van der Waals surface area contributed by atoms with Gasteiger partial charge in [0, 0.05) is 24.7 Å². The van der Waals surface area contributed by atoms with Gasteiger partial charge in [-0.05, 0) is 17.5 Å². The van der Waals surface area contributed by atoms with E-state index in [2.05, 4.69) is 0 Å². The van der Waals surface area contributed by atoms with Crippen molar-refractivity contribution in [1.29, 1.82) is 0 Å². The predicted octanol–water partition coefficient (Wildman–Crippen LogP) is 0.860. The number of nitrogens with zero attached hydrogens (tertiary/aromatic N) is 2. The molecule has 0 spiro atoms. The molecule has 2 aromatic rings. The van der Waals surface area contributed by atoms with Gasteiger partial charge in [-0.25, -0.2) is 0 Å². The first-order chi connectivity index (χ1) is 9.75. The number of hydrogen-bond acceptors (Lipinski definition) is 3. The molecule has 1 amide bonds. The normalized spacial score (nSPS) is 15.5. The van der Waals surface area contributed by atoms with Crippen LogP contribution in [0.5, 0.6) is 0 Å². The van der Waals surface area contributed by atoms with E-state index in [0.29, 0.717) is 31.7 Å². The van der Waals surface area contributed by atoms with E-state index in [1.807, 2.05) is 24.3 Å². The predicted molar refractivity (Wildman–Crippen MR) is 75.6 cm³/mol. The summed E-state index contributed by atoms with van der Waals surface area (Å²) in [6.45, 7) is 2.42. The molecule has 0 aliphatic carbocycles. The first-order valence-electron chi connectivity index (χ1n) is 6.69. The van der Waals surface area contributed by atoms with Crippen molar-refractivity contribution in [2.24, 2.45) is 0 Å². The highest BCUT2D eigenvalue weighted by molar-refractivity contribution is 5.82. The summed E-state index contributed by atoms with van der Waals surface area (Å²) in [4.78, 5) is 26.2. The summed E-state index contributed by atoms with van der Waals surface area (Å²) in [7, 11) is 0. The molecule has 1 aromatic carbocycles. The Kier molecular flexibility index (Phi) is 3.52. The summed E-state index contributed by atoms with van der Waals surface area (Å²) in [5.41, 5.74) is -0.121. The van der Waals surface area contributed by atoms with Crippen molar-refractivity contribution in [3.05, 3.63) is 46.9 Å². The Morgan fingerprint density at radius 2 is 1.90 bits per heavy atom. The van der Waals surface area contributed by atoms with Crippen molar-refractivity contribution < 1.29 is 9.53 Å². The Morgan fingerprint density at radius 3 is 2.70 bits per heavy atom. The minimum atomic E-state index is -0.121. The third-order valence-corrected chi connectivity index (χ3v) is 3.56. The largest absolute Gasteiger partial charge is 0.378 e. The number of amides is 1. The van der Waals surface area contributed by atoms with E-state index in [9.17, 15) is 9.59 Å². The number of fused-ring (bicyclic) bond motifs is 1. The molecule has 0 bridgehead atoms. The van der Waals surface area contributed by atoms with Crippen molar-refractivity contribution in [2.75, 3.05) is 26.3 Å². The van der Waals surface area contributed by atoms with Gasteiger partial charge in [-0.1, -0.05) is 18.2 Å². The van der Waals surface area contributed by atoms with E-state index >= 15 is 0 Å². The van der Waals surface area contributed by atoms with Crippen LogP contribution in [0.3, 0.4) is 0 Å². The molecule has 104 valence electrons. The zero-order chi connectivity index (χ0) is 13.9. The number of ether oxygens (including phenoxy) is 1. The van der Waals surface area contributed by atoms with Gasteiger partial charge in [-0.2, -0.15) is 0 Å². The number of carbonyl (C=O) groups excluding carboxylic acids is 1. The first kappa shape index (κ1) is 12.9. The van der Waals surface area contributed by atoms with Crippen molar-refractivity contribution in [2.45, 2.75) is 6.54 Å². The van der Waals surface area contributed by atoms with E-state index in [1.54, 1.807) is 17.2 Å². The summed E-state index contributed by atoms with van der Waals surface area (Å²) in [6.07, 6.45) is 1.68. The third kappa shape index (κ3) is 2.44. The molecule has 5 heteroatoms. The van der Waals surface area contributed by atoms with Crippen molar-refractivity contribution in [1.82, 2.24) is 9.47 Å². The molecule has 1 fully saturated rings. The second-order valence-electron chi connectivity index (χ2n) is 4.83. The fourth-order valence-corrected chi connectivity index (χ4v) is 2.41. The summed E-state index contributed by atoms with van der Waals surface area (Å²) < 4.78 is 6.69. The van der Waals surface area contributed by atoms with Gasteiger partial charge in [0.25, 0.3) is 5.56 Å². The Bertz CT molecular complexity index is 687. The lowest BCUT2D eigenvalue weighted by atomic mass is 10.2. The molecule has 0 unspecified atom stereocenters. The van der Waals surface area contributed by atoms with E-state index < -0.39 is 0 Å². The second kappa shape index (κ2) is 5.46. The van der Waals surface area contributed by atoms with Gasteiger partial charge in [0.1, 0.15) is 6.54 Å². The zero-order valence-corrected chi connectivity index (χ0v) is 11.1. The van der Waals surface area contributed by atoms with Crippen LogP contribution in [0.4, 0.5) is 0 Å². The van der Waals surface area contributed by atoms with Crippen molar-refractivity contribution >= 4 is 16.7 Å². The lowest BCUT2D eigenvalue weighted by Crippen LogP contribution is -2.43. The highest BCUT2D eigenvalue weighted by atomic mass is 16.5. The summed E-state index contributed by atoms with van der Waals surface area (Å²) in [6, 6.07) is 9.27. The maximum absolute atomic E-state index is 12.3. The van der Waals surface area contributed by atoms with E-state index in [-0.39, 0.29) is 18.0 Å². The minimum absolute atomic E-state index is 0.0364. The van der Waals surface area contributed by atoms with Gasteiger partial charge in [0.05, 0.1) is 13.2 Å². The van der Waals surface area contributed by atoms with Crippen LogP contribution in [-0.4, -0.2) is 41.7 Å². The molecule has 1 saturated heterocycles. The molecule has 1 aliphatic rings. The van der Waals surface area contributed by atoms with Gasteiger partial charge in [-0.3, -0.25) is 9.59 Å². The molecule has 0 radical (unpaired) electrons. The topological polar surface area (TPSA) is 51.5 Å². The van der Waals surface area contributed by atoms with E-state index in [4.69, 9.17) is 4.74 Å². The number of rotatable bonds is 2. The van der Waals surface area contributed by atoms with Gasteiger partial charge >= 0.3 is 0 Å². The van der Waals surface area contributed by atoms with Gasteiger partial charge in [-0.15, -0.1) is 0 Å². The Balaban J connectivity index is 1.85. The molecular weight excluding hydrogens is 256 g/mol. The molecule has 2 heterocycles. The van der Waals surface area contributed by atoms with Crippen LogP contribution in [0.1, 0.15) is 0 Å². The van der Waals surface area contributed by atoms with Gasteiger partial charge < -0.3 is 14.2 Å². The smallest absolute Gasteiger partial charge is 0.258 e. The fraction of sp³-hybridized carbons (Fsp3) is 0.333. The molecule has 0 N–H and O–H groups in total. The average molecular weight is 272 g/mol. The average Bonchev–Trinajstić information content (AvgIpc) is 2.51. The number of morpholine rings is 1. The highest BCUT2D eigenvalue weighted by Crippen LogP contribution is 2.08. The SMILES string of the molecule is O=C(Cn1ccc2ccccc2c1=O)N1CCOCC1. The lowest BCUT2D eigenvalue weighted by molar-refractivity contribution is -0.135. The molecule has 1 aliphatic heterocycles. The van der Waals surface area contributed by atoms with Gasteiger partial charge in [0.15, 0.2) is 0 Å². The Hall–Kier alpha value is -2.14. The molecule has 3 rings (SSSR count). The summed E-state index contributed by atoms with van der Waals surface area (Å²) in [5, 5.41) is 1.54. The van der Waals surface area contributed by atoms with Crippen LogP contribution in [0.15, 0.2) is 41.3 Å². The van der Waals surface area contributed by atoms with Crippen LogP contribution < -0.4 is 5.56 Å². The Labute approximate surface area is 116 Å². The minimum Gasteiger partial charge on any atom is -0.378 e. The quantitative estimate of drug-likeness (QED) is 0.815. The summed E-state index contributed by atoms with van der Waals surface area (Å²) in [5.74, 6) is -0.0364. The molecule has 1 aromatic heterocycles. The number of hydrogen-bond donors (Lipinski definition) is 0. The van der Waals surface area contributed by atoms with Crippen LogP contribution in [0, 0.1) is 0 Å². The van der Waals surface area contributed by atoms with Crippen LogP contribution in [0.2, 0.25) is 0 Å². The number of aromatic nitrogens is 1. The maximum atomic E-state index is 12.3. The van der Waals surface area contributed by atoms with E-state index in [0.717, 1.165) is 5.39 Å². The number of carbonyl (C=O) groups is 1. The fourth-order valence-electron chi connectivity index (χ4n) is 2.41. The van der Waals surface area contributed by atoms with Crippen LogP contribution >= 0.6 is 0 Å². The molecule has 0 saturated carbocycles. The lowest BCUT2D eigenvalue weighted by Gasteiger charge is -2.27. The molecular formula is C15H16N2O3. The van der Waals surface area contributed by atoms with Crippen LogP contribution in [0.25, 0.3) is 10.8 Å². The van der Waals surface area contributed by atoms with E-state index in [1.165, 1.54) is 4.57 Å². The molecule has 0 atom stereocenters. The molecule has 20 heavy (non-hydrogen) atoms. The van der Waals surface area contributed by atoms with Crippen molar-refractivity contribution in [3.8, 4) is 0 Å². The molecule has 5 nitrogen and oxygen atoms in total. The summed E-state index contributed by atoms with van der Waals surface area (Å²) >= 11 is 0. The highest BCUT2D eigenvalue weighted by Gasteiger charge is 2.17. The maximum Gasteiger partial charge on any atom is 0.258 e. The standard InChI is InChI=1S/C15H16N2O3/c18-14(16-7-9-20-10-8-16)11-17-6-5-12-3-1-2-4-13(12)15(17)19/h1-6H,7-11H2. The van der Waals surface area contributed by atoms with Gasteiger partial charge in [0.2, 0.25) is 5.91 Å². The monoisotopic (exact) mass is 272 g/mol. The number of benzene rings is 1. The zero-order valence-electron chi connectivity index (χ0n) is 11.1. The second-order valence-corrected chi connectivity index (χ2v) is 4.83. The Morgan fingerprint density at radius 1 is 1.15 bits per heavy atom. The number of pyridine rings is 1. The first-order valence-corrected chi connectivity index (χ1v) is 6.69. The van der Waals surface area contributed by atoms with Crippen LogP contribution in [-0.2, 0) is 16.1 Å². The van der Waals surface area contributed by atoms with Crippen molar-refractivity contribution in [3.63, 3.8) is 0 Å². The third-order valence-electron chi connectivity index (χ3n) is 3.56.